The Labute approximate surface area is 116 Å². The van der Waals surface area contributed by atoms with E-state index >= 15 is 0 Å². The van der Waals surface area contributed by atoms with Crippen LogP contribution in [0.25, 0.3) is 0 Å². The van der Waals surface area contributed by atoms with E-state index in [4.69, 9.17) is 0 Å². The molecule has 7 heteroatoms. The maximum absolute atomic E-state index is 12.0. The highest BCUT2D eigenvalue weighted by Gasteiger charge is 2.43. The maximum Gasteiger partial charge on any atom is 0.329 e. The first-order chi connectivity index (χ1) is 8.91. The fourth-order valence-electron chi connectivity index (χ4n) is 2.18. The number of carboxylic acids is 1. The molecular weight excluding hydrogens is 268 g/mol. The molecular formula is C12H22N2O4S. The fourth-order valence-corrected chi connectivity index (χ4v) is 2.80. The minimum atomic E-state index is -1.13. The maximum atomic E-state index is 12.0. The van der Waals surface area contributed by atoms with Gasteiger partial charge in [-0.15, -0.1) is 0 Å². The van der Waals surface area contributed by atoms with E-state index in [9.17, 15) is 18.9 Å². The molecule has 1 heterocycles. The van der Waals surface area contributed by atoms with E-state index < -0.39 is 22.3 Å². The van der Waals surface area contributed by atoms with Gasteiger partial charge in [-0.05, 0) is 26.2 Å². The molecule has 0 aromatic heterocycles. The van der Waals surface area contributed by atoms with Crippen LogP contribution in [0.2, 0.25) is 0 Å². The van der Waals surface area contributed by atoms with Gasteiger partial charge < -0.3 is 15.3 Å². The zero-order valence-electron chi connectivity index (χ0n) is 11.5. The minimum absolute atomic E-state index is 0.311. The molecule has 2 N–H and O–H groups in total. The first-order valence-corrected chi connectivity index (χ1v) is 8.04. The van der Waals surface area contributed by atoms with Crippen molar-refractivity contribution in [2.24, 2.45) is 0 Å². The molecule has 1 rings (SSSR count). The fraction of sp³-hybridized carbons (Fsp3) is 0.833. The molecule has 19 heavy (non-hydrogen) atoms. The monoisotopic (exact) mass is 290 g/mol. The van der Waals surface area contributed by atoms with E-state index in [2.05, 4.69) is 5.32 Å². The van der Waals surface area contributed by atoms with E-state index in [1.807, 2.05) is 6.92 Å². The van der Waals surface area contributed by atoms with Crippen molar-refractivity contribution in [2.75, 3.05) is 24.6 Å². The summed E-state index contributed by atoms with van der Waals surface area (Å²) in [7, 11) is -0.926. The van der Waals surface area contributed by atoms with Gasteiger partial charge in [-0.1, -0.05) is 6.92 Å². The molecule has 0 spiro atoms. The van der Waals surface area contributed by atoms with Gasteiger partial charge in [0, 0.05) is 35.4 Å². The standard InChI is InChI=1S/C12H22N2O4S/c1-3-19(18)9-7-13-11(17)14-8-5-4-6-12(14,2)10(15)16/h3-9H2,1-2H3,(H,13,17)(H,15,16). The van der Waals surface area contributed by atoms with Gasteiger partial charge in [-0.2, -0.15) is 0 Å². The largest absolute Gasteiger partial charge is 0.480 e. The lowest BCUT2D eigenvalue weighted by Crippen LogP contribution is -2.60. The summed E-state index contributed by atoms with van der Waals surface area (Å²) in [6.07, 6.45) is 2.10. The van der Waals surface area contributed by atoms with Crippen LogP contribution in [-0.2, 0) is 15.6 Å². The number of nitrogens with one attached hydrogen (secondary N) is 1. The molecule has 0 bridgehead atoms. The van der Waals surface area contributed by atoms with Gasteiger partial charge in [-0.3, -0.25) is 4.21 Å². The number of rotatable bonds is 5. The third-order valence-electron chi connectivity index (χ3n) is 3.52. The molecule has 2 amide bonds. The van der Waals surface area contributed by atoms with Gasteiger partial charge in [0.1, 0.15) is 5.54 Å². The summed E-state index contributed by atoms with van der Waals surface area (Å²) in [6.45, 7) is 4.17. The number of carboxylic acid groups (broad SMARTS) is 1. The van der Waals surface area contributed by atoms with Crippen LogP contribution in [-0.4, -0.2) is 56.3 Å². The van der Waals surface area contributed by atoms with Crippen molar-refractivity contribution < 1.29 is 18.9 Å². The zero-order chi connectivity index (χ0) is 14.5. The molecule has 1 fully saturated rings. The zero-order valence-corrected chi connectivity index (χ0v) is 12.3. The van der Waals surface area contributed by atoms with E-state index in [0.717, 1.165) is 12.8 Å². The van der Waals surface area contributed by atoms with Crippen LogP contribution < -0.4 is 5.32 Å². The number of hydrogen-bond acceptors (Lipinski definition) is 3. The van der Waals surface area contributed by atoms with Gasteiger partial charge in [0.05, 0.1) is 0 Å². The van der Waals surface area contributed by atoms with Crippen LogP contribution in [0.15, 0.2) is 0 Å². The van der Waals surface area contributed by atoms with E-state index in [0.29, 0.717) is 31.0 Å². The highest BCUT2D eigenvalue weighted by Crippen LogP contribution is 2.28. The van der Waals surface area contributed by atoms with Crippen molar-refractivity contribution in [3.63, 3.8) is 0 Å². The van der Waals surface area contributed by atoms with Crippen LogP contribution >= 0.6 is 0 Å². The second kappa shape index (κ2) is 6.88. The van der Waals surface area contributed by atoms with Crippen LogP contribution in [0.5, 0.6) is 0 Å². The smallest absolute Gasteiger partial charge is 0.329 e. The van der Waals surface area contributed by atoms with Gasteiger partial charge in [0.15, 0.2) is 0 Å². The molecule has 1 aliphatic rings. The first kappa shape index (κ1) is 15.9. The number of carbonyl (C=O) groups is 2. The third kappa shape index (κ3) is 3.92. The molecule has 0 aromatic rings. The molecule has 2 atom stereocenters. The van der Waals surface area contributed by atoms with Crippen molar-refractivity contribution in [3.8, 4) is 0 Å². The molecule has 110 valence electrons. The summed E-state index contributed by atoms with van der Waals surface area (Å²) >= 11 is 0. The van der Waals surface area contributed by atoms with Crippen molar-refractivity contribution >= 4 is 22.8 Å². The number of likely N-dealkylation sites (tertiary alicyclic amines) is 1. The van der Waals surface area contributed by atoms with Crippen molar-refractivity contribution in [1.82, 2.24) is 10.2 Å². The molecule has 0 aromatic carbocycles. The normalized spacial score (nSPS) is 24.8. The van der Waals surface area contributed by atoms with Gasteiger partial charge >= 0.3 is 12.0 Å². The molecule has 0 aliphatic carbocycles. The predicted octanol–water partition coefficient (Wildman–Crippen LogP) is 0.794. The number of carbonyl (C=O) groups excluding carboxylic acids is 1. The Bertz CT molecular complexity index is 375. The highest BCUT2D eigenvalue weighted by atomic mass is 32.2. The van der Waals surface area contributed by atoms with Crippen molar-refractivity contribution in [3.05, 3.63) is 0 Å². The van der Waals surface area contributed by atoms with Crippen LogP contribution in [0.4, 0.5) is 4.79 Å². The molecule has 0 saturated carbocycles. The summed E-state index contributed by atoms with van der Waals surface area (Å²) in [6, 6.07) is -0.377. The summed E-state index contributed by atoms with van der Waals surface area (Å²) in [5.74, 6) is -0.00812. The number of amides is 2. The summed E-state index contributed by atoms with van der Waals surface area (Å²) in [5, 5.41) is 12.0. The van der Waals surface area contributed by atoms with E-state index in [1.165, 1.54) is 4.90 Å². The second-order valence-electron chi connectivity index (χ2n) is 4.85. The second-order valence-corrected chi connectivity index (χ2v) is 6.72. The number of aliphatic carboxylic acids is 1. The lowest BCUT2D eigenvalue weighted by molar-refractivity contribution is -0.150. The Kier molecular flexibility index (Phi) is 5.78. The Morgan fingerprint density at radius 3 is 2.68 bits per heavy atom. The highest BCUT2D eigenvalue weighted by molar-refractivity contribution is 7.84. The van der Waals surface area contributed by atoms with Crippen molar-refractivity contribution in [1.29, 1.82) is 0 Å². The number of nitrogens with zero attached hydrogens (tertiary/aromatic N) is 1. The third-order valence-corrected chi connectivity index (χ3v) is 4.83. The molecule has 1 saturated heterocycles. The van der Waals surface area contributed by atoms with E-state index in [-0.39, 0.29) is 6.03 Å². The average Bonchev–Trinajstić information content (AvgIpc) is 2.38. The summed E-state index contributed by atoms with van der Waals surface area (Å²) in [4.78, 5) is 24.8. The minimum Gasteiger partial charge on any atom is -0.480 e. The Balaban J connectivity index is 2.58. The van der Waals surface area contributed by atoms with Gasteiger partial charge in [0.25, 0.3) is 0 Å². The summed E-state index contributed by atoms with van der Waals surface area (Å²) < 4.78 is 11.3. The summed E-state index contributed by atoms with van der Waals surface area (Å²) in [5.41, 5.74) is -1.13. The first-order valence-electron chi connectivity index (χ1n) is 6.55. The van der Waals surface area contributed by atoms with E-state index in [1.54, 1.807) is 6.92 Å². The Morgan fingerprint density at radius 1 is 1.42 bits per heavy atom. The molecule has 6 nitrogen and oxygen atoms in total. The lowest BCUT2D eigenvalue weighted by Gasteiger charge is -2.41. The average molecular weight is 290 g/mol. The number of piperidine rings is 1. The van der Waals surface area contributed by atoms with Crippen LogP contribution in [0.3, 0.4) is 0 Å². The Hall–Kier alpha value is -1.11. The topological polar surface area (TPSA) is 86.7 Å². The molecule has 2 unspecified atom stereocenters. The van der Waals surface area contributed by atoms with Crippen LogP contribution in [0, 0.1) is 0 Å². The molecule has 1 aliphatic heterocycles. The van der Waals surface area contributed by atoms with Crippen LogP contribution in [0.1, 0.15) is 33.1 Å². The Morgan fingerprint density at radius 2 is 2.11 bits per heavy atom. The van der Waals surface area contributed by atoms with Crippen molar-refractivity contribution in [2.45, 2.75) is 38.6 Å². The molecule has 0 radical (unpaired) electrons. The van der Waals surface area contributed by atoms with Gasteiger partial charge in [-0.25, -0.2) is 9.59 Å². The number of urea groups is 1. The quantitative estimate of drug-likeness (QED) is 0.784. The SMILES string of the molecule is CCS(=O)CCNC(=O)N1CCCCC1(C)C(=O)O. The lowest BCUT2D eigenvalue weighted by atomic mass is 9.89. The predicted molar refractivity (Wildman–Crippen MR) is 73.5 cm³/mol. The number of hydrogen-bond donors (Lipinski definition) is 2. The van der Waals surface area contributed by atoms with Gasteiger partial charge in [0.2, 0.25) is 0 Å².